The Morgan fingerprint density at radius 1 is 1.20 bits per heavy atom. The lowest BCUT2D eigenvalue weighted by Crippen LogP contribution is -2.24. The highest BCUT2D eigenvalue weighted by molar-refractivity contribution is 9.10. The number of halogens is 1. The smallest absolute Gasteiger partial charge is 0.142 e. The van der Waals surface area contributed by atoms with E-state index in [0.717, 1.165) is 15.9 Å². The number of fused-ring (bicyclic) bond motifs is 1. The molecule has 0 fully saturated rings. The molecule has 1 aliphatic heterocycles. The van der Waals surface area contributed by atoms with E-state index in [0.29, 0.717) is 12.5 Å². The Morgan fingerprint density at radius 3 is 2.75 bits per heavy atom. The van der Waals surface area contributed by atoms with E-state index in [2.05, 4.69) is 71.5 Å². The van der Waals surface area contributed by atoms with Crippen molar-refractivity contribution < 1.29 is 4.74 Å². The van der Waals surface area contributed by atoms with Crippen LogP contribution in [0, 0.1) is 0 Å². The fourth-order valence-electron chi connectivity index (χ4n) is 2.47. The number of anilines is 1. The van der Waals surface area contributed by atoms with Crippen LogP contribution in [-0.2, 0) is 0 Å². The minimum absolute atomic E-state index is 0.181. The van der Waals surface area contributed by atoms with Crippen LogP contribution in [0.4, 0.5) is 5.69 Å². The Kier molecular flexibility index (Phi) is 3.70. The molecule has 0 spiro atoms. The van der Waals surface area contributed by atoms with Crippen LogP contribution in [0.3, 0.4) is 0 Å². The van der Waals surface area contributed by atoms with Gasteiger partial charge in [0.1, 0.15) is 12.4 Å². The molecule has 0 saturated heterocycles. The number of hydrogen-bond acceptors (Lipinski definition) is 2. The van der Waals surface area contributed by atoms with Crippen molar-refractivity contribution in [1.82, 2.24) is 0 Å². The van der Waals surface area contributed by atoms with Crippen LogP contribution in [0.1, 0.15) is 36.9 Å². The van der Waals surface area contributed by atoms with E-state index >= 15 is 0 Å². The fraction of sp³-hybridized carbons (Fsp3) is 0.294. The van der Waals surface area contributed by atoms with Crippen molar-refractivity contribution in [3.63, 3.8) is 0 Å². The van der Waals surface area contributed by atoms with Crippen LogP contribution in [0.5, 0.6) is 5.75 Å². The number of nitrogens with one attached hydrogen (secondary N) is 1. The minimum Gasteiger partial charge on any atom is -0.489 e. The van der Waals surface area contributed by atoms with Crippen LogP contribution in [0.25, 0.3) is 0 Å². The molecule has 2 nitrogen and oxygen atoms in total. The molecule has 0 saturated carbocycles. The molecular formula is C17H18BrNO. The van der Waals surface area contributed by atoms with E-state index in [1.54, 1.807) is 0 Å². The normalized spacial score (nSPS) is 17.3. The number of benzene rings is 2. The molecule has 0 amide bonds. The first kappa shape index (κ1) is 13.5. The van der Waals surface area contributed by atoms with Gasteiger partial charge in [-0.3, -0.25) is 0 Å². The largest absolute Gasteiger partial charge is 0.489 e. The Labute approximate surface area is 128 Å². The van der Waals surface area contributed by atoms with E-state index in [4.69, 9.17) is 4.74 Å². The molecule has 3 heteroatoms. The predicted octanol–water partition coefficient (Wildman–Crippen LogP) is 5.12. The summed E-state index contributed by atoms with van der Waals surface area (Å²) in [4.78, 5) is 0. The fourth-order valence-corrected chi connectivity index (χ4v) is 3.03. The zero-order valence-corrected chi connectivity index (χ0v) is 13.3. The highest BCUT2D eigenvalue weighted by atomic mass is 79.9. The lowest BCUT2D eigenvalue weighted by Gasteiger charge is -2.29. The third-order valence-electron chi connectivity index (χ3n) is 3.69. The van der Waals surface area contributed by atoms with Gasteiger partial charge in [-0.05, 0) is 35.2 Å². The number of ether oxygens (including phenoxy) is 1. The second kappa shape index (κ2) is 5.49. The number of hydrogen-bond donors (Lipinski definition) is 1. The van der Waals surface area contributed by atoms with Crippen LogP contribution in [-0.4, -0.2) is 6.61 Å². The quantitative estimate of drug-likeness (QED) is 0.824. The summed E-state index contributed by atoms with van der Waals surface area (Å²) >= 11 is 3.61. The summed E-state index contributed by atoms with van der Waals surface area (Å²) in [5, 5.41) is 3.59. The van der Waals surface area contributed by atoms with Crippen molar-refractivity contribution in [2.75, 3.05) is 11.9 Å². The standard InChI is InChI=1S/C17H18BrNO/c1-11(2)12-7-8-17-15(9-12)19-16(10-20-17)13-5-3-4-6-14(13)18/h3-9,11,16,19H,10H2,1-2H3. The molecule has 0 radical (unpaired) electrons. The van der Waals surface area contributed by atoms with Crippen LogP contribution >= 0.6 is 15.9 Å². The van der Waals surface area contributed by atoms with Gasteiger partial charge in [0.2, 0.25) is 0 Å². The van der Waals surface area contributed by atoms with Gasteiger partial charge in [0, 0.05) is 4.47 Å². The summed E-state index contributed by atoms with van der Waals surface area (Å²) < 4.78 is 7.01. The van der Waals surface area contributed by atoms with Gasteiger partial charge in [0.25, 0.3) is 0 Å². The Morgan fingerprint density at radius 2 is 2.00 bits per heavy atom. The molecule has 0 aliphatic carbocycles. The van der Waals surface area contributed by atoms with Crippen molar-refractivity contribution in [2.45, 2.75) is 25.8 Å². The first-order chi connectivity index (χ1) is 9.65. The molecule has 1 atom stereocenters. The van der Waals surface area contributed by atoms with Crippen LogP contribution < -0.4 is 10.1 Å². The van der Waals surface area contributed by atoms with Gasteiger partial charge >= 0.3 is 0 Å². The molecule has 2 aromatic carbocycles. The van der Waals surface area contributed by atoms with Gasteiger partial charge in [0.15, 0.2) is 0 Å². The van der Waals surface area contributed by atoms with Crippen LogP contribution in [0.2, 0.25) is 0 Å². The summed E-state index contributed by atoms with van der Waals surface area (Å²) in [6.07, 6.45) is 0. The van der Waals surface area contributed by atoms with Gasteiger partial charge in [0.05, 0.1) is 11.7 Å². The highest BCUT2D eigenvalue weighted by Crippen LogP contribution is 2.37. The highest BCUT2D eigenvalue weighted by Gasteiger charge is 2.22. The van der Waals surface area contributed by atoms with Crippen molar-refractivity contribution >= 4 is 21.6 Å². The van der Waals surface area contributed by atoms with Gasteiger partial charge in [-0.1, -0.05) is 54.0 Å². The van der Waals surface area contributed by atoms with Gasteiger partial charge in [-0.2, -0.15) is 0 Å². The van der Waals surface area contributed by atoms with E-state index in [9.17, 15) is 0 Å². The summed E-state index contributed by atoms with van der Waals surface area (Å²) in [7, 11) is 0. The van der Waals surface area contributed by atoms with E-state index < -0.39 is 0 Å². The Balaban J connectivity index is 1.91. The Bertz CT molecular complexity index is 624. The minimum atomic E-state index is 0.181. The van der Waals surface area contributed by atoms with Crippen molar-refractivity contribution in [2.24, 2.45) is 0 Å². The van der Waals surface area contributed by atoms with Gasteiger partial charge < -0.3 is 10.1 Å². The first-order valence-electron chi connectivity index (χ1n) is 6.93. The molecule has 2 aromatic rings. The maximum atomic E-state index is 5.90. The maximum absolute atomic E-state index is 5.90. The molecule has 1 heterocycles. The van der Waals surface area contributed by atoms with Crippen LogP contribution in [0.15, 0.2) is 46.9 Å². The molecule has 20 heavy (non-hydrogen) atoms. The molecule has 0 bridgehead atoms. The lowest BCUT2D eigenvalue weighted by atomic mass is 10.0. The third kappa shape index (κ3) is 2.55. The van der Waals surface area contributed by atoms with Gasteiger partial charge in [-0.25, -0.2) is 0 Å². The third-order valence-corrected chi connectivity index (χ3v) is 4.41. The monoisotopic (exact) mass is 331 g/mol. The van der Waals surface area contributed by atoms with E-state index in [-0.39, 0.29) is 6.04 Å². The second-order valence-electron chi connectivity index (χ2n) is 5.44. The summed E-state index contributed by atoms with van der Waals surface area (Å²) in [5.74, 6) is 1.46. The average Bonchev–Trinajstić information content (AvgIpc) is 2.46. The molecule has 3 rings (SSSR count). The van der Waals surface area contributed by atoms with Crippen molar-refractivity contribution in [1.29, 1.82) is 0 Å². The molecule has 104 valence electrons. The second-order valence-corrected chi connectivity index (χ2v) is 6.29. The maximum Gasteiger partial charge on any atom is 0.142 e. The predicted molar refractivity (Wildman–Crippen MR) is 86.5 cm³/mol. The zero-order chi connectivity index (χ0) is 14.1. The van der Waals surface area contributed by atoms with E-state index in [1.807, 2.05) is 6.07 Å². The Hall–Kier alpha value is -1.48. The molecule has 0 aromatic heterocycles. The summed E-state index contributed by atoms with van der Waals surface area (Å²) in [6, 6.07) is 14.9. The molecule has 1 N–H and O–H groups in total. The lowest BCUT2D eigenvalue weighted by molar-refractivity contribution is 0.286. The first-order valence-corrected chi connectivity index (χ1v) is 7.72. The SMILES string of the molecule is CC(C)c1ccc2c(c1)NC(c1ccccc1Br)CO2. The van der Waals surface area contributed by atoms with Crippen molar-refractivity contribution in [3.8, 4) is 5.75 Å². The number of rotatable bonds is 2. The average molecular weight is 332 g/mol. The summed E-state index contributed by atoms with van der Waals surface area (Å²) in [6.45, 7) is 5.06. The van der Waals surface area contributed by atoms with Crippen molar-refractivity contribution in [3.05, 3.63) is 58.1 Å². The topological polar surface area (TPSA) is 21.3 Å². The summed E-state index contributed by atoms with van der Waals surface area (Å²) in [5.41, 5.74) is 3.64. The molecule has 1 unspecified atom stereocenters. The zero-order valence-electron chi connectivity index (χ0n) is 11.7. The molecular weight excluding hydrogens is 314 g/mol. The van der Waals surface area contributed by atoms with Gasteiger partial charge in [-0.15, -0.1) is 0 Å². The van der Waals surface area contributed by atoms with E-state index in [1.165, 1.54) is 11.1 Å². The molecule has 1 aliphatic rings.